The van der Waals surface area contributed by atoms with Crippen molar-refractivity contribution < 1.29 is 4.79 Å². The van der Waals surface area contributed by atoms with E-state index in [9.17, 15) is 4.79 Å². The molecule has 4 nitrogen and oxygen atoms in total. The molecule has 0 spiro atoms. The summed E-state index contributed by atoms with van der Waals surface area (Å²) in [5.41, 5.74) is 8.20. The lowest BCUT2D eigenvalue weighted by molar-refractivity contribution is -0.120. The number of benzene rings is 1. The molecular weight excluding hydrogens is 258 g/mol. The van der Waals surface area contributed by atoms with Crippen LogP contribution in [0.15, 0.2) is 18.2 Å². The van der Waals surface area contributed by atoms with Gasteiger partial charge in [0.25, 0.3) is 0 Å². The molecule has 0 aliphatic rings. The summed E-state index contributed by atoms with van der Waals surface area (Å²) >= 11 is 1.78. The summed E-state index contributed by atoms with van der Waals surface area (Å²) in [6, 6.07) is 5.38. The van der Waals surface area contributed by atoms with Crippen molar-refractivity contribution in [3.8, 4) is 0 Å². The Bertz CT molecular complexity index is 437. The van der Waals surface area contributed by atoms with Crippen LogP contribution in [0, 0.1) is 6.92 Å². The Balaban J connectivity index is 2.65. The normalized spacial score (nSPS) is 12.5. The van der Waals surface area contributed by atoms with Crippen LogP contribution in [0.3, 0.4) is 0 Å². The van der Waals surface area contributed by atoms with Gasteiger partial charge in [-0.05, 0) is 44.8 Å². The Hall–Kier alpha value is -1.20. The molecule has 106 valence electrons. The maximum absolute atomic E-state index is 12.2. The van der Waals surface area contributed by atoms with Crippen molar-refractivity contribution in [2.75, 3.05) is 36.7 Å². The molecular formula is C14H23N3OS. The number of hydrogen-bond donors (Lipinski definition) is 2. The lowest BCUT2D eigenvalue weighted by Gasteiger charge is -2.23. The Labute approximate surface area is 119 Å². The van der Waals surface area contributed by atoms with E-state index in [1.165, 1.54) is 0 Å². The van der Waals surface area contributed by atoms with Crippen LogP contribution in [0.4, 0.5) is 11.4 Å². The van der Waals surface area contributed by atoms with Crippen molar-refractivity contribution in [2.45, 2.75) is 19.9 Å². The van der Waals surface area contributed by atoms with Crippen LogP contribution in [0.2, 0.25) is 0 Å². The second-order valence-electron chi connectivity index (χ2n) is 4.71. The van der Waals surface area contributed by atoms with Gasteiger partial charge in [-0.1, -0.05) is 6.07 Å². The summed E-state index contributed by atoms with van der Waals surface area (Å²) in [6.07, 6.45) is 2.06. The van der Waals surface area contributed by atoms with E-state index in [0.717, 1.165) is 23.5 Å². The quantitative estimate of drug-likeness (QED) is 0.785. The third-order valence-corrected chi connectivity index (χ3v) is 3.80. The SMILES string of the molecule is CSCCN(C)C(C)C(=O)Nc1cc(N)ccc1C. The summed E-state index contributed by atoms with van der Waals surface area (Å²) in [7, 11) is 1.96. The van der Waals surface area contributed by atoms with Crippen LogP contribution in [0.1, 0.15) is 12.5 Å². The molecule has 1 aromatic rings. The molecule has 1 aromatic carbocycles. The smallest absolute Gasteiger partial charge is 0.241 e. The first-order chi connectivity index (χ1) is 8.95. The average Bonchev–Trinajstić information content (AvgIpc) is 2.39. The van der Waals surface area contributed by atoms with Gasteiger partial charge in [0.2, 0.25) is 5.91 Å². The first-order valence-corrected chi connectivity index (χ1v) is 7.71. The first-order valence-electron chi connectivity index (χ1n) is 6.32. The molecule has 1 rings (SSSR count). The molecule has 5 heteroatoms. The fourth-order valence-electron chi connectivity index (χ4n) is 1.64. The van der Waals surface area contributed by atoms with Crippen molar-refractivity contribution in [2.24, 2.45) is 0 Å². The Kier molecular flexibility index (Phi) is 6.18. The highest BCUT2D eigenvalue weighted by molar-refractivity contribution is 7.98. The van der Waals surface area contributed by atoms with E-state index in [0.29, 0.717) is 5.69 Å². The van der Waals surface area contributed by atoms with Gasteiger partial charge in [0.1, 0.15) is 0 Å². The molecule has 0 aliphatic heterocycles. The van der Waals surface area contributed by atoms with E-state index in [4.69, 9.17) is 5.73 Å². The van der Waals surface area contributed by atoms with Gasteiger partial charge in [0.15, 0.2) is 0 Å². The lowest BCUT2D eigenvalue weighted by atomic mass is 10.1. The number of hydrogen-bond acceptors (Lipinski definition) is 4. The predicted octanol–water partition coefficient (Wildman–Crippen LogP) is 2.20. The number of rotatable bonds is 6. The zero-order valence-corrected chi connectivity index (χ0v) is 12.9. The van der Waals surface area contributed by atoms with E-state index in [1.807, 2.05) is 37.9 Å². The van der Waals surface area contributed by atoms with Gasteiger partial charge in [-0.3, -0.25) is 9.69 Å². The fraction of sp³-hybridized carbons (Fsp3) is 0.500. The maximum Gasteiger partial charge on any atom is 0.241 e. The fourth-order valence-corrected chi connectivity index (χ4v) is 2.11. The highest BCUT2D eigenvalue weighted by atomic mass is 32.2. The number of anilines is 2. The molecule has 3 N–H and O–H groups in total. The molecule has 0 radical (unpaired) electrons. The second-order valence-corrected chi connectivity index (χ2v) is 5.70. The van der Waals surface area contributed by atoms with Crippen LogP contribution in [0.25, 0.3) is 0 Å². The van der Waals surface area contributed by atoms with Gasteiger partial charge < -0.3 is 11.1 Å². The molecule has 0 aromatic heterocycles. The van der Waals surface area contributed by atoms with Crippen LogP contribution >= 0.6 is 11.8 Å². The van der Waals surface area contributed by atoms with Gasteiger partial charge in [-0.15, -0.1) is 0 Å². The monoisotopic (exact) mass is 281 g/mol. The summed E-state index contributed by atoms with van der Waals surface area (Å²) in [5, 5.41) is 2.94. The summed E-state index contributed by atoms with van der Waals surface area (Å²) in [5.74, 6) is 1.02. The van der Waals surface area contributed by atoms with E-state index in [1.54, 1.807) is 17.8 Å². The molecule has 1 atom stereocenters. The van der Waals surface area contributed by atoms with E-state index < -0.39 is 0 Å². The number of carbonyl (C=O) groups excluding carboxylic acids is 1. The van der Waals surface area contributed by atoms with Gasteiger partial charge in [0, 0.05) is 23.7 Å². The van der Waals surface area contributed by atoms with Gasteiger partial charge in [0.05, 0.1) is 6.04 Å². The number of nitrogens with zero attached hydrogens (tertiary/aromatic N) is 1. The van der Waals surface area contributed by atoms with E-state index >= 15 is 0 Å². The Morgan fingerprint density at radius 3 is 2.84 bits per heavy atom. The predicted molar refractivity (Wildman–Crippen MR) is 84.7 cm³/mol. The topological polar surface area (TPSA) is 58.4 Å². The molecule has 0 heterocycles. The second kappa shape index (κ2) is 7.40. The number of carbonyl (C=O) groups is 1. The van der Waals surface area contributed by atoms with Crippen molar-refractivity contribution in [3.63, 3.8) is 0 Å². The van der Waals surface area contributed by atoms with Crippen molar-refractivity contribution in [3.05, 3.63) is 23.8 Å². The number of amides is 1. The summed E-state index contributed by atoms with van der Waals surface area (Å²) in [6.45, 7) is 4.76. The number of aryl methyl sites for hydroxylation is 1. The molecule has 1 amide bonds. The van der Waals surface area contributed by atoms with Crippen molar-refractivity contribution in [1.29, 1.82) is 0 Å². The minimum absolute atomic E-state index is 0.00250. The molecule has 0 fully saturated rings. The third-order valence-electron chi connectivity index (χ3n) is 3.21. The van der Waals surface area contributed by atoms with Crippen LogP contribution in [0.5, 0.6) is 0 Å². The molecule has 19 heavy (non-hydrogen) atoms. The molecule has 0 saturated carbocycles. The highest BCUT2D eigenvalue weighted by Crippen LogP contribution is 2.18. The number of likely N-dealkylation sites (N-methyl/N-ethyl adjacent to an activating group) is 1. The van der Waals surface area contributed by atoms with Crippen LogP contribution in [-0.4, -0.2) is 42.4 Å². The zero-order valence-electron chi connectivity index (χ0n) is 12.1. The molecule has 0 bridgehead atoms. The maximum atomic E-state index is 12.2. The average molecular weight is 281 g/mol. The standard InChI is InChI=1S/C14H23N3OS/c1-10-5-6-12(15)9-13(10)16-14(18)11(2)17(3)7-8-19-4/h5-6,9,11H,7-8,15H2,1-4H3,(H,16,18). The van der Waals surface area contributed by atoms with Crippen LogP contribution in [-0.2, 0) is 4.79 Å². The summed E-state index contributed by atoms with van der Waals surface area (Å²) < 4.78 is 0. The molecule has 0 aliphatic carbocycles. The Morgan fingerprint density at radius 1 is 1.53 bits per heavy atom. The molecule has 1 unspecified atom stereocenters. The number of nitrogens with two attached hydrogens (primary N) is 1. The molecule has 0 saturated heterocycles. The third kappa shape index (κ3) is 4.76. The van der Waals surface area contributed by atoms with E-state index in [-0.39, 0.29) is 11.9 Å². The van der Waals surface area contributed by atoms with Crippen molar-refractivity contribution in [1.82, 2.24) is 4.90 Å². The lowest BCUT2D eigenvalue weighted by Crippen LogP contribution is -2.40. The Morgan fingerprint density at radius 2 is 2.21 bits per heavy atom. The summed E-state index contributed by atoms with van der Waals surface area (Å²) in [4.78, 5) is 14.2. The van der Waals surface area contributed by atoms with Gasteiger partial charge >= 0.3 is 0 Å². The first kappa shape index (κ1) is 15.9. The zero-order chi connectivity index (χ0) is 14.4. The highest BCUT2D eigenvalue weighted by Gasteiger charge is 2.18. The van der Waals surface area contributed by atoms with Gasteiger partial charge in [-0.25, -0.2) is 0 Å². The van der Waals surface area contributed by atoms with Crippen molar-refractivity contribution >= 4 is 29.0 Å². The van der Waals surface area contributed by atoms with E-state index in [2.05, 4.69) is 11.6 Å². The number of thioether (sulfide) groups is 1. The minimum Gasteiger partial charge on any atom is -0.399 e. The van der Waals surface area contributed by atoms with Gasteiger partial charge in [-0.2, -0.15) is 11.8 Å². The van der Waals surface area contributed by atoms with Crippen LogP contribution < -0.4 is 11.1 Å². The number of nitrogen functional groups attached to an aromatic ring is 1. The minimum atomic E-state index is -0.159. The largest absolute Gasteiger partial charge is 0.399 e. The number of nitrogens with one attached hydrogen (secondary N) is 1.